The van der Waals surface area contributed by atoms with E-state index in [-0.39, 0.29) is 12.8 Å². The highest BCUT2D eigenvalue weighted by molar-refractivity contribution is 7.81. The molecule has 0 aliphatic rings. The fourth-order valence-electron chi connectivity index (χ4n) is 5.47. The molecule has 0 radical (unpaired) electrons. The molecule has 0 atom stereocenters. The highest BCUT2D eigenvalue weighted by Gasteiger charge is 2.32. The molecule has 0 saturated heterocycles. The van der Waals surface area contributed by atoms with Crippen LogP contribution in [0.25, 0.3) is 0 Å². The lowest BCUT2D eigenvalue weighted by Gasteiger charge is -2.15. The molecule has 0 aromatic rings. The quantitative estimate of drug-likeness (QED) is 0.0547. The number of carbonyl (C=O) groups excluding carboxylic acids is 2. The first-order chi connectivity index (χ1) is 20.9. The normalized spacial score (nSPS) is 11.9. The maximum absolute atomic E-state index is 12.9. The van der Waals surface area contributed by atoms with Gasteiger partial charge in [0.15, 0.2) is 17.7 Å². The van der Waals surface area contributed by atoms with Gasteiger partial charge in [-0.05, 0) is 12.8 Å². The van der Waals surface area contributed by atoms with Gasteiger partial charge in [0.1, 0.15) is 0 Å². The molecule has 0 fully saturated rings. The number of aliphatic hydroxyl groups is 1. The Bertz CT molecular complexity index is 696. The van der Waals surface area contributed by atoms with Crippen LogP contribution in [-0.2, 0) is 28.4 Å². The number of Topliss-reactive ketones (excluding diaryl/α,β-unsaturated/α-hetero) is 2. The standard InChI is InChI=1S/C35H68O7S/c1-3-5-7-9-11-13-15-17-19-21-23-25-27-29-33(37)35(42-43(39,40)41-32-31-36)34(38)30-28-26-24-22-20-18-16-14-12-10-8-6-4-2/h35-36H,3-32H2,1-2H3. The average Bonchev–Trinajstić information content (AvgIpc) is 2.99. The third kappa shape index (κ3) is 28.4. The van der Waals surface area contributed by atoms with Gasteiger partial charge in [0.25, 0.3) is 0 Å². The molecule has 256 valence electrons. The summed E-state index contributed by atoms with van der Waals surface area (Å²) in [5.74, 6) is -1.00. The molecule has 8 heteroatoms. The van der Waals surface area contributed by atoms with Crippen LogP contribution in [0.4, 0.5) is 0 Å². The fraction of sp³-hybridized carbons (Fsp3) is 0.943. The first-order valence-electron chi connectivity index (χ1n) is 18.1. The van der Waals surface area contributed by atoms with Gasteiger partial charge in [-0.15, -0.1) is 0 Å². The minimum absolute atomic E-state index is 0.113. The van der Waals surface area contributed by atoms with E-state index < -0.39 is 41.3 Å². The van der Waals surface area contributed by atoms with Crippen LogP contribution in [0.15, 0.2) is 0 Å². The van der Waals surface area contributed by atoms with Crippen LogP contribution in [0.3, 0.4) is 0 Å². The van der Waals surface area contributed by atoms with Gasteiger partial charge in [0.05, 0.1) is 13.2 Å². The Morgan fingerprint density at radius 2 is 0.791 bits per heavy atom. The van der Waals surface area contributed by atoms with Crippen molar-refractivity contribution in [3.63, 3.8) is 0 Å². The maximum Gasteiger partial charge on any atom is 0.401 e. The predicted molar refractivity (Wildman–Crippen MR) is 177 cm³/mol. The lowest BCUT2D eigenvalue weighted by atomic mass is 9.99. The zero-order valence-corrected chi connectivity index (χ0v) is 28.9. The smallest absolute Gasteiger partial charge is 0.394 e. The molecule has 43 heavy (non-hydrogen) atoms. The van der Waals surface area contributed by atoms with E-state index in [1.165, 1.54) is 116 Å². The summed E-state index contributed by atoms with van der Waals surface area (Å²) >= 11 is 0. The van der Waals surface area contributed by atoms with E-state index in [1.807, 2.05) is 0 Å². The molecular formula is C35H68O7S. The van der Waals surface area contributed by atoms with Gasteiger partial charge in [-0.25, -0.2) is 8.37 Å². The molecule has 0 amide bonds. The van der Waals surface area contributed by atoms with Crippen molar-refractivity contribution in [2.24, 2.45) is 0 Å². The topological polar surface area (TPSA) is 107 Å². The van der Waals surface area contributed by atoms with Gasteiger partial charge in [-0.3, -0.25) is 9.59 Å². The maximum atomic E-state index is 12.9. The van der Waals surface area contributed by atoms with Crippen molar-refractivity contribution in [3.05, 3.63) is 0 Å². The van der Waals surface area contributed by atoms with E-state index in [0.717, 1.165) is 38.5 Å². The number of hydrogen-bond donors (Lipinski definition) is 1. The van der Waals surface area contributed by atoms with Crippen molar-refractivity contribution in [1.29, 1.82) is 0 Å². The Kier molecular flexibility index (Phi) is 30.6. The van der Waals surface area contributed by atoms with Crippen molar-refractivity contribution < 1.29 is 31.5 Å². The summed E-state index contributed by atoms with van der Waals surface area (Å²) in [4.78, 5) is 25.7. The molecule has 0 spiro atoms. The van der Waals surface area contributed by atoms with Crippen LogP contribution in [0.1, 0.15) is 194 Å². The van der Waals surface area contributed by atoms with Crippen molar-refractivity contribution in [3.8, 4) is 0 Å². The molecule has 0 rings (SSSR count). The Labute approximate surface area is 266 Å². The lowest BCUT2D eigenvalue weighted by molar-refractivity contribution is -0.137. The molecule has 0 aliphatic carbocycles. The lowest BCUT2D eigenvalue weighted by Crippen LogP contribution is -2.36. The van der Waals surface area contributed by atoms with Gasteiger partial charge in [-0.1, -0.05) is 168 Å². The SMILES string of the molecule is CCCCCCCCCCCCCCCC(=O)C(OS(=O)(=O)OCCO)C(=O)CCCCCCCCCCCCCCC. The second-order valence-electron chi connectivity index (χ2n) is 12.3. The van der Waals surface area contributed by atoms with E-state index in [2.05, 4.69) is 18.0 Å². The highest BCUT2D eigenvalue weighted by atomic mass is 32.3. The molecule has 0 aromatic heterocycles. The number of ketones is 2. The highest BCUT2D eigenvalue weighted by Crippen LogP contribution is 2.17. The number of unbranched alkanes of at least 4 members (excludes halogenated alkanes) is 24. The molecule has 0 unspecified atom stereocenters. The Morgan fingerprint density at radius 1 is 0.512 bits per heavy atom. The zero-order chi connectivity index (χ0) is 31.9. The molecule has 0 bridgehead atoms. The summed E-state index contributed by atoms with van der Waals surface area (Å²) in [5.41, 5.74) is 0. The fourth-order valence-corrected chi connectivity index (χ4v) is 6.25. The second kappa shape index (κ2) is 31.2. The summed E-state index contributed by atoms with van der Waals surface area (Å²) in [5, 5.41) is 8.88. The summed E-state index contributed by atoms with van der Waals surface area (Å²) < 4.78 is 33.7. The van der Waals surface area contributed by atoms with Crippen LogP contribution in [-0.4, -0.2) is 44.4 Å². The van der Waals surface area contributed by atoms with Crippen LogP contribution in [0, 0.1) is 0 Å². The van der Waals surface area contributed by atoms with Crippen molar-refractivity contribution in [2.45, 2.75) is 200 Å². The summed E-state index contributed by atoms with van der Waals surface area (Å²) in [7, 11) is -4.55. The monoisotopic (exact) mass is 632 g/mol. The zero-order valence-electron chi connectivity index (χ0n) is 28.1. The van der Waals surface area contributed by atoms with Crippen molar-refractivity contribution in [1.82, 2.24) is 0 Å². The molecule has 0 heterocycles. The largest absolute Gasteiger partial charge is 0.401 e. The third-order valence-electron chi connectivity index (χ3n) is 8.17. The van der Waals surface area contributed by atoms with Crippen LogP contribution in [0.2, 0.25) is 0 Å². The number of hydrogen-bond acceptors (Lipinski definition) is 7. The van der Waals surface area contributed by atoms with E-state index in [4.69, 9.17) is 9.29 Å². The predicted octanol–water partition coefficient (Wildman–Crippen LogP) is 9.73. The number of aliphatic hydroxyl groups excluding tert-OH is 1. The molecule has 0 aliphatic heterocycles. The first kappa shape index (κ1) is 42.2. The van der Waals surface area contributed by atoms with Gasteiger partial charge in [-0.2, -0.15) is 8.42 Å². The summed E-state index contributed by atoms with van der Waals surface area (Å²) in [6, 6.07) is 0. The van der Waals surface area contributed by atoms with Crippen molar-refractivity contribution in [2.75, 3.05) is 13.2 Å². The van der Waals surface area contributed by atoms with Gasteiger partial charge >= 0.3 is 10.4 Å². The Balaban J connectivity index is 4.24. The Morgan fingerprint density at radius 3 is 1.07 bits per heavy atom. The first-order valence-corrected chi connectivity index (χ1v) is 19.4. The summed E-state index contributed by atoms with van der Waals surface area (Å²) in [6.07, 6.45) is 29.3. The second-order valence-corrected chi connectivity index (χ2v) is 13.6. The van der Waals surface area contributed by atoms with Gasteiger partial charge < -0.3 is 5.11 Å². The van der Waals surface area contributed by atoms with Crippen LogP contribution in [0.5, 0.6) is 0 Å². The van der Waals surface area contributed by atoms with Gasteiger partial charge in [0, 0.05) is 12.8 Å². The van der Waals surface area contributed by atoms with E-state index in [1.54, 1.807) is 0 Å². The van der Waals surface area contributed by atoms with Crippen molar-refractivity contribution >= 4 is 22.0 Å². The van der Waals surface area contributed by atoms with Crippen LogP contribution >= 0.6 is 0 Å². The van der Waals surface area contributed by atoms with E-state index in [0.29, 0.717) is 12.8 Å². The molecule has 1 N–H and O–H groups in total. The molecule has 0 saturated carbocycles. The molecular weight excluding hydrogens is 564 g/mol. The van der Waals surface area contributed by atoms with Gasteiger partial charge in [0.2, 0.25) is 0 Å². The number of carbonyl (C=O) groups is 2. The molecule has 0 aromatic carbocycles. The van der Waals surface area contributed by atoms with E-state index in [9.17, 15) is 18.0 Å². The minimum Gasteiger partial charge on any atom is -0.394 e. The summed E-state index contributed by atoms with van der Waals surface area (Å²) in [6.45, 7) is 3.50. The number of rotatable bonds is 35. The average molecular weight is 633 g/mol. The third-order valence-corrected chi connectivity index (χ3v) is 9.05. The Hall–Kier alpha value is -0.830. The molecule has 7 nitrogen and oxygen atoms in total. The minimum atomic E-state index is -4.55. The van der Waals surface area contributed by atoms with E-state index >= 15 is 0 Å². The van der Waals surface area contributed by atoms with Crippen LogP contribution < -0.4 is 0 Å².